The molecule has 4 heteroatoms. The van der Waals surface area contributed by atoms with Crippen molar-refractivity contribution in [2.75, 3.05) is 12.3 Å². The highest BCUT2D eigenvalue weighted by Gasteiger charge is 2.32. The van der Waals surface area contributed by atoms with Gasteiger partial charge in [0.25, 0.3) is 0 Å². The molecule has 3 rings (SSSR count). The average Bonchev–Trinajstić information content (AvgIpc) is 3.11. The van der Waals surface area contributed by atoms with Crippen molar-refractivity contribution in [1.82, 2.24) is 4.90 Å². The molecule has 2 aliphatic rings. The summed E-state index contributed by atoms with van der Waals surface area (Å²) < 4.78 is 0. The fourth-order valence-corrected chi connectivity index (χ4v) is 4.11. The Hall–Kier alpha value is -2.17. The summed E-state index contributed by atoms with van der Waals surface area (Å²) in [6, 6.07) is 12.5. The van der Waals surface area contributed by atoms with E-state index in [0.717, 1.165) is 17.2 Å². The van der Waals surface area contributed by atoms with Crippen LogP contribution in [0, 0.1) is 22.7 Å². The van der Waals surface area contributed by atoms with Gasteiger partial charge in [-0.3, -0.25) is 0 Å². The van der Waals surface area contributed by atoms with Crippen molar-refractivity contribution >= 4 is 23.9 Å². The van der Waals surface area contributed by atoms with Crippen LogP contribution in [0.25, 0.3) is 12.2 Å². The lowest BCUT2D eigenvalue weighted by Crippen LogP contribution is -2.22. The Balaban J connectivity index is 1.78. The van der Waals surface area contributed by atoms with Crippen LogP contribution < -0.4 is 0 Å². The number of hydrogen-bond acceptors (Lipinski definition) is 4. The summed E-state index contributed by atoms with van der Waals surface area (Å²) in [5.74, 6) is 1.21. The Labute approximate surface area is 129 Å². The van der Waals surface area contributed by atoms with Crippen LogP contribution in [0.2, 0.25) is 0 Å². The molecule has 104 valence electrons. The van der Waals surface area contributed by atoms with Crippen molar-refractivity contribution < 1.29 is 0 Å². The third kappa shape index (κ3) is 2.96. The van der Waals surface area contributed by atoms with Crippen LogP contribution >= 0.6 is 11.8 Å². The van der Waals surface area contributed by atoms with Gasteiger partial charge in [-0.25, -0.2) is 0 Å². The van der Waals surface area contributed by atoms with Crippen LogP contribution in [0.5, 0.6) is 0 Å². The Kier molecular flexibility index (Phi) is 3.99. The van der Waals surface area contributed by atoms with E-state index >= 15 is 0 Å². The van der Waals surface area contributed by atoms with Gasteiger partial charge in [-0.2, -0.15) is 10.5 Å². The molecule has 2 heterocycles. The number of fused-ring (bicyclic) bond motifs is 1. The van der Waals surface area contributed by atoms with Crippen LogP contribution in [0.3, 0.4) is 0 Å². The maximum Gasteiger partial charge on any atom is 0.130 e. The molecule has 0 aromatic heterocycles. The molecule has 2 fully saturated rings. The molecule has 21 heavy (non-hydrogen) atoms. The molecule has 3 nitrogen and oxygen atoms in total. The molecule has 0 saturated carbocycles. The first-order chi connectivity index (χ1) is 10.3. The minimum atomic E-state index is 0.132. The topological polar surface area (TPSA) is 50.8 Å². The molecule has 0 amide bonds. The van der Waals surface area contributed by atoms with E-state index in [1.807, 2.05) is 48.2 Å². The van der Waals surface area contributed by atoms with Crippen molar-refractivity contribution in [3.05, 3.63) is 46.0 Å². The lowest BCUT2D eigenvalue weighted by Gasteiger charge is -2.17. The van der Waals surface area contributed by atoms with Gasteiger partial charge in [0.1, 0.15) is 17.7 Å². The van der Waals surface area contributed by atoms with Gasteiger partial charge in [0.05, 0.1) is 5.03 Å². The maximum atomic E-state index is 8.76. The molecule has 1 atom stereocenters. The number of benzene rings is 1. The molecule has 2 aliphatic heterocycles. The Morgan fingerprint density at radius 1 is 1.19 bits per heavy atom. The standard InChI is InChI=1S/C17H15N3S/c18-10-15(11-19)8-13-3-5-14(6-4-13)9-17-20-7-1-2-16(20)12-21-17/h3-6,8-9,16H,1-2,7,12H2/b17-9+/t16-/m0/s1. The average molecular weight is 293 g/mol. The Morgan fingerprint density at radius 3 is 2.62 bits per heavy atom. The number of rotatable bonds is 2. The van der Waals surface area contributed by atoms with E-state index < -0.39 is 0 Å². The lowest BCUT2D eigenvalue weighted by atomic mass is 10.1. The molecule has 0 bridgehead atoms. The van der Waals surface area contributed by atoms with Gasteiger partial charge < -0.3 is 4.90 Å². The molecule has 0 spiro atoms. The summed E-state index contributed by atoms with van der Waals surface area (Å²) in [5, 5.41) is 18.9. The van der Waals surface area contributed by atoms with E-state index in [1.165, 1.54) is 30.2 Å². The zero-order valence-corrected chi connectivity index (χ0v) is 12.4. The van der Waals surface area contributed by atoms with Crippen molar-refractivity contribution in [3.63, 3.8) is 0 Å². The highest BCUT2D eigenvalue weighted by atomic mass is 32.2. The number of hydrogen-bond donors (Lipinski definition) is 0. The quantitative estimate of drug-likeness (QED) is 0.781. The highest BCUT2D eigenvalue weighted by molar-refractivity contribution is 8.03. The van der Waals surface area contributed by atoms with Crippen LogP contribution in [-0.4, -0.2) is 23.2 Å². The van der Waals surface area contributed by atoms with Gasteiger partial charge >= 0.3 is 0 Å². The van der Waals surface area contributed by atoms with E-state index in [-0.39, 0.29) is 5.57 Å². The molecule has 0 N–H and O–H groups in total. The van der Waals surface area contributed by atoms with Crippen molar-refractivity contribution in [1.29, 1.82) is 10.5 Å². The van der Waals surface area contributed by atoms with Crippen molar-refractivity contribution in [3.8, 4) is 12.1 Å². The van der Waals surface area contributed by atoms with E-state index in [9.17, 15) is 0 Å². The van der Waals surface area contributed by atoms with Crippen molar-refractivity contribution in [2.45, 2.75) is 18.9 Å². The number of allylic oxidation sites excluding steroid dienone is 1. The second-order valence-corrected chi connectivity index (χ2v) is 6.27. The fraction of sp³-hybridized carbons (Fsp3) is 0.294. The molecular formula is C17H15N3S. The van der Waals surface area contributed by atoms with Crippen molar-refractivity contribution in [2.24, 2.45) is 0 Å². The summed E-state index contributed by atoms with van der Waals surface area (Å²) in [6.07, 6.45) is 6.47. The summed E-state index contributed by atoms with van der Waals surface area (Å²) in [5.41, 5.74) is 2.18. The first-order valence-corrected chi connectivity index (χ1v) is 8.02. The molecule has 1 aromatic carbocycles. The van der Waals surface area contributed by atoms with Gasteiger partial charge in [-0.05, 0) is 36.1 Å². The number of nitrogens with zero attached hydrogens (tertiary/aromatic N) is 3. The third-order valence-electron chi connectivity index (χ3n) is 3.86. The first kappa shape index (κ1) is 13.8. The largest absolute Gasteiger partial charge is 0.363 e. The van der Waals surface area contributed by atoms with Gasteiger partial charge in [0.2, 0.25) is 0 Å². The highest BCUT2D eigenvalue weighted by Crippen LogP contribution is 2.39. The minimum absolute atomic E-state index is 0.132. The second-order valence-electron chi connectivity index (χ2n) is 5.23. The Bertz CT molecular complexity index is 657. The predicted molar refractivity (Wildman–Crippen MR) is 85.8 cm³/mol. The molecule has 1 aromatic rings. The second kappa shape index (κ2) is 6.08. The predicted octanol–water partition coefficient (Wildman–Crippen LogP) is 3.63. The van der Waals surface area contributed by atoms with E-state index in [4.69, 9.17) is 10.5 Å². The maximum absolute atomic E-state index is 8.76. The number of nitriles is 2. The molecule has 0 radical (unpaired) electrons. The third-order valence-corrected chi connectivity index (χ3v) is 5.06. The molecule has 0 unspecified atom stereocenters. The summed E-state index contributed by atoms with van der Waals surface area (Å²) in [7, 11) is 0. The summed E-state index contributed by atoms with van der Waals surface area (Å²) in [4.78, 5) is 2.52. The van der Waals surface area contributed by atoms with Gasteiger partial charge in [0, 0.05) is 18.3 Å². The van der Waals surface area contributed by atoms with E-state index in [2.05, 4.69) is 11.0 Å². The fourth-order valence-electron chi connectivity index (χ4n) is 2.78. The zero-order valence-electron chi connectivity index (χ0n) is 11.6. The van der Waals surface area contributed by atoms with Gasteiger partial charge in [-0.15, -0.1) is 11.8 Å². The molecule has 0 aliphatic carbocycles. The summed E-state index contributed by atoms with van der Waals surface area (Å²) >= 11 is 1.94. The summed E-state index contributed by atoms with van der Waals surface area (Å²) in [6.45, 7) is 1.18. The monoisotopic (exact) mass is 293 g/mol. The minimum Gasteiger partial charge on any atom is -0.363 e. The molecular weight excluding hydrogens is 278 g/mol. The Morgan fingerprint density at radius 2 is 1.90 bits per heavy atom. The van der Waals surface area contributed by atoms with Crippen LogP contribution in [0.1, 0.15) is 24.0 Å². The van der Waals surface area contributed by atoms with Crippen LogP contribution in [0.15, 0.2) is 34.9 Å². The smallest absolute Gasteiger partial charge is 0.130 e. The van der Waals surface area contributed by atoms with Crippen LogP contribution in [0.4, 0.5) is 0 Å². The number of thioether (sulfide) groups is 1. The zero-order chi connectivity index (χ0) is 14.7. The van der Waals surface area contributed by atoms with E-state index in [0.29, 0.717) is 0 Å². The molecule has 2 saturated heterocycles. The lowest BCUT2D eigenvalue weighted by molar-refractivity contribution is 0.385. The van der Waals surface area contributed by atoms with Gasteiger partial charge in [-0.1, -0.05) is 24.3 Å². The van der Waals surface area contributed by atoms with Gasteiger partial charge in [0.15, 0.2) is 0 Å². The van der Waals surface area contributed by atoms with E-state index in [1.54, 1.807) is 6.08 Å². The van der Waals surface area contributed by atoms with Crippen LogP contribution in [-0.2, 0) is 0 Å². The normalized spacial score (nSPS) is 21.7. The SMILES string of the molecule is N#CC(C#N)=Cc1ccc(/C=C2/SC[C@@H]3CCCN23)cc1. The first-order valence-electron chi connectivity index (χ1n) is 7.03.